The van der Waals surface area contributed by atoms with Crippen LogP contribution in [0.4, 0.5) is 18.0 Å². The Morgan fingerprint density at radius 2 is 1.55 bits per heavy atom. The molecule has 0 aromatic carbocycles. The number of hydrogen-bond acceptors (Lipinski definition) is 3. The van der Waals surface area contributed by atoms with Gasteiger partial charge in [0.05, 0.1) is 0 Å². The van der Waals surface area contributed by atoms with Gasteiger partial charge < -0.3 is 14.1 Å². The molecule has 130 valence electrons. The molecule has 4 nitrogen and oxygen atoms in total. The average Bonchev–Trinajstić information content (AvgIpc) is 2.23. The van der Waals surface area contributed by atoms with Gasteiger partial charge in [-0.2, -0.15) is 13.2 Å². The van der Waals surface area contributed by atoms with E-state index in [9.17, 15) is 18.0 Å². The first-order valence-corrected chi connectivity index (χ1v) is 10.8. The van der Waals surface area contributed by atoms with E-state index in [0.29, 0.717) is 0 Å². The molecule has 0 N–H and O–H groups in total. The molecule has 22 heavy (non-hydrogen) atoms. The number of nitrogens with zero attached hydrogens (tertiary/aromatic N) is 1. The van der Waals surface area contributed by atoms with Crippen LogP contribution in [0.3, 0.4) is 0 Å². The summed E-state index contributed by atoms with van der Waals surface area (Å²) in [5, 5.41) is 0. The first kappa shape index (κ1) is 19.3. The van der Waals surface area contributed by atoms with Gasteiger partial charge in [0.1, 0.15) is 5.60 Å². The summed E-state index contributed by atoms with van der Waals surface area (Å²) >= 11 is 0. The van der Waals surface area contributed by atoms with Crippen LogP contribution in [0.5, 0.6) is 0 Å². The zero-order valence-electron chi connectivity index (χ0n) is 14.1. The van der Waals surface area contributed by atoms with Crippen LogP contribution in [0.15, 0.2) is 0 Å². The predicted molar refractivity (Wildman–Crippen MR) is 80.3 cm³/mol. The van der Waals surface area contributed by atoms with Gasteiger partial charge >= 0.3 is 12.3 Å². The molecule has 0 bridgehead atoms. The van der Waals surface area contributed by atoms with Crippen molar-refractivity contribution in [3.05, 3.63) is 0 Å². The Hall–Kier alpha value is -0.763. The number of ether oxygens (including phenoxy) is 1. The summed E-state index contributed by atoms with van der Waals surface area (Å²) < 4.78 is 51.2. The van der Waals surface area contributed by atoms with E-state index in [0.717, 1.165) is 0 Å². The van der Waals surface area contributed by atoms with Crippen molar-refractivity contribution in [2.75, 3.05) is 13.1 Å². The number of piperidine rings is 1. The lowest BCUT2D eigenvalue weighted by Crippen LogP contribution is -2.59. The Labute approximate surface area is 131 Å². The number of alkyl halides is 3. The molecule has 0 aromatic heterocycles. The SMILES string of the molecule is CC(C)(C)OC(=O)N1CCC(O[Si](C)(C)C)(C(F)(F)F)CC1. The van der Waals surface area contributed by atoms with Gasteiger partial charge in [-0.25, -0.2) is 4.79 Å². The Bertz CT molecular complexity index is 405. The molecule has 1 rings (SSSR count). The summed E-state index contributed by atoms with van der Waals surface area (Å²) in [7, 11) is -2.37. The van der Waals surface area contributed by atoms with Crippen LogP contribution in [0.1, 0.15) is 33.6 Å². The molecule has 1 aliphatic heterocycles. The molecule has 0 unspecified atom stereocenters. The molecule has 1 saturated heterocycles. The second kappa shape index (κ2) is 6.03. The third kappa shape index (κ3) is 5.15. The van der Waals surface area contributed by atoms with Crippen molar-refractivity contribution in [3.63, 3.8) is 0 Å². The highest BCUT2D eigenvalue weighted by Gasteiger charge is 2.58. The summed E-state index contributed by atoms with van der Waals surface area (Å²) in [4.78, 5) is 13.3. The first-order valence-electron chi connectivity index (χ1n) is 7.40. The molecule has 0 saturated carbocycles. The fourth-order valence-corrected chi connectivity index (χ4v) is 3.90. The molecule has 1 aliphatic rings. The molecule has 8 heteroatoms. The number of amides is 1. The zero-order chi connectivity index (χ0) is 17.4. The third-order valence-electron chi connectivity index (χ3n) is 3.24. The number of hydrogen-bond donors (Lipinski definition) is 0. The lowest BCUT2D eigenvalue weighted by atomic mass is 9.91. The smallest absolute Gasteiger partial charge is 0.416 e. The maximum Gasteiger partial charge on any atom is 0.416 e. The highest BCUT2D eigenvalue weighted by molar-refractivity contribution is 6.69. The van der Waals surface area contributed by atoms with E-state index in [1.54, 1.807) is 40.4 Å². The van der Waals surface area contributed by atoms with Crippen molar-refractivity contribution in [1.82, 2.24) is 4.90 Å². The second-order valence-electron chi connectivity index (χ2n) is 7.67. The topological polar surface area (TPSA) is 38.8 Å². The molecular weight excluding hydrogens is 315 g/mol. The van der Waals surface area contributed by atoms with E-state index in [1.807, 2.05) is 0 Å². The molecule has 0 spiro atoms. The fraction of sp³-hybridized carbons (Fsp3) is 0.929. The van der Waals surface area contributed by atoms with E-state index >= 15 is 0 Å². The van der Waals surface area contributed by atoms with E-state index in [-0.39, 0.29) is 25.9 Å². The van der Waals surface area contributed by atoms with Crippen LogP contribution < -0.4 is 0 Å². The lowest BCUT2D eigenvalue weighted by molar-refractivity contribution is -0.263. The van der Waals surface area contributed by atoms with Crippen molar-refractivity contribution >= 4 is 14.4 Å². The highest BCUT2D eigenvalue weighted by Crippen LogP contribution is 2.43. The normalized spacial score (nSPS) is 20.0. The minimum absolute atomic E-state index is 0.0150. The molecule has 1 amide bonds. The number of likely N-dealkylation sites (tertiary alicyclic amines) is 1. The lowest BCUT2D eigenvalue weighted by Gasteiger charge is -2.45. The monoisotopic (exact) mass is 341 g/mol. The molecule has 0 aliphatic carbocycles. The summed E-state index contributed by atoms with van der Waals surface area (Å²) in [5.74, 6) is 0. The molecule has 1 heterocycles. The first-order chi connectivity index (χ1) is 9.65. The Morgan fingerprint density at radius 3 is 1.86 bits per heavy atom. The van der Waals surface area contributed by atoms with Crippen LogP contribution in [-0.2, 0) is 9.16 Å². The Morgan fingerprint density at radius 1 is 1.09 bits per heavy atom. The van der Waals surface area contributed by atoms with Gasteiger partial charge in [0.2, 0.25) is 0 Å². The quantitative estimate of drug-likeness (QED) is 0.708. The van der Waals surface area contributed by atoms with Crippen LogP contribution in [0.2, 0.25) is 19.6 Å². The van der Waals surface area contributed by atoms with Gasteiger partial charge in [-0.05, 0) is 40.4 Å². The molecular formula is C14H26F3NO3Si. The Kier molecular flexibility index (Phi) is 5.29. The number of rotatable bonds is 2. The number of carbonyl (C=O) groups is 1. The fourth-order valence-electron chi connectivity index (χ4n) is 2.41. The van der Waals surface area contributed by atoms with Crippen molar-refractivity contribution in [2.45, 2.75) is 70.6 Å². The van der Waals surface area contributed by atoms with Crippen LogP contribution in [0, 0.1) is 0 Å². The summed E-state index contributed by atoms with van der Waals surface area (Å²) in [6, 6.07) is 0. The molecule has 0 radical (unpaired) electrons. The number of carbonyl (C=O) groups excluding carboxylic acids is 1. The molecule has 0 atom stereocenters. The van der Waals surface area contributed by atoms with Crippen LogP contribution in [-0.4, -0.2) is 49.8 Å². The largest absolute Gasteiger partial charge is 0.444 e. The standard InChI is InChI=1S/C14H26F3NO3Si/c1-12(2,3)20-11(19)18-9-7-13(8-10-18,14(15,16)17)21-22(4,5)6/h7-10H2,1-6H3. The van der Waals surface area contributed by atoms with Gasteiger partial charge in [-0.1, -0.05) is 0 Å². The van der Waals surface area contributed by atoms with Gasteiger partial charge in [-0.15, -0.1) is 0 Å². The van der Waals surface area contributed by atoms with E-state index in [1.165, 1.54) is 4.90 Å². The van der Waals surface area contributed by atoms with Gasteiger partial charge in [0.25, 0.3) is 0 Å². The predicted octanol–water partition coefficient (Wildman–Crippen LogP) is 4.17. The number of halogens is 3. The summed E-state index contributed by atoms with van der Waals surface area (Å²) in [6.07, 6.45) is -5.51. The highest BCUT2D eigenvalue weighted by atomic mass is 28.4. The second-order valence-corrected chi connectivity index (χ2v) is 12.1. The average molecular weight is 341 g/mol. The summed E-state index contributed by atoms with van der Waals surface area (Å²) in [6.45, 7) is 10.4. The van der Waals surface area contributed by atoms with Crippen molar-refractivity contribution in [2.24, 2.45) is 0 Å². The minimum atomic E-state index is -4.44. The third-order valence-corrected chi connectivity index (χ3v) is 4.24. The Balaban J connectivity index is 2.80. The van der Waals surface area contributed by atoms with Crippen molar-refractivity contribution in [1.29, 1.82) is 0 Å². The van der Waals surface area contributed by atoms with Crippen LogP contribution in [0.25, 0.3) is 0 Å². The van der Waals surface area contributed by atoms with E-state index < -0.39 is 31.8 Å². The van der Waals surface area contributed by atoms with Crippen molar-refractivity contribution < 1.29 is 27.1 Å². The minimum Gasteiger partial charge on any atom is -0.444 e. The maximum absolute atomic E-state index is 13.5. The van der Waals surface area contributed by atoms with Crippen LogP contribution >= 0.6 is 0 Å². The maximum atomic E-state index is 13.5. The van der Waals surface area contributed by atoms with E-state index in [2.05, 4.69) is 0 Å². The molecule has 1 fully saturated rings. The van der Waals surface area contributed by atoms with Gasteiger partial charge in [-0.3, -0.25) is 0 Å². The zero-order valence-corrected chi connectivity index (χ0v) is 15.1. The van der Waals surface area contributed by atoms with Crippen molar-refractivity contribution in [3.8, 4) is 0 Å². The van der Waals surface area contributed by atoms with Gasteiger partial charge in [0, 0.05) is 25.9 Å². The summed E-state index contributed by atoms with van der Waals surface area (Å²) in [5.41, 5.74) is -2.81. The van der Waals surface area contributed by atoms with E-state index in [4.69, 9.17) is 9.16 Å². The molecule has 0 aromatic rings. The van der Waals surface area contributed by atoms with Gasteiger partial charge in [0.15, 0.2) is 13.9 Å².